The number of ether oxygens (including phenoxy) is 3. The number of nitrogens with zero attached hydrogens (tertiary/aromatic N) is 4. The highest BCUT2D eigenvalue weighted by atomic mass is 16.5. The fourth-order valence-corrected chi connectivity index (χ4v) is 11.7. The van der Waals surface area contributed by atoms with Crippen molar-refractivity contribution in [3.05, 3.63) is 275 Å². The number of pyridine rings is 3. The molecule has 0 N–H and O–H groups in total. The number of para-hydroxylation sites is 3. The number of hydrogen-bond donors (Lipinski definition) is 0. The van der Waals surface area contributed by atoms with Crippen molar-refractivity contribution in [1.29, 1.82) is 0 Å². The lowest BCUT2D eigenvalue weighted by atomic mass is 9.83. The highest BCUT2D eigenvalue weighted by molar-refractivity contribution is 5.85. The molecule has 7 aromatic carbocycles. The maximum Gasteiger partial charge on any atom is 0.188 e. The van der Waals surface area contributed by atoms with Crippen LogP contribution in [0.5, 0.6) is 17.2 Å². The van der Waals surface area contributed by atoms with Gasteiger partial charge < -0.3 is 14.2 Å². The largest absolute Gasteiger partial charge is 0.489 e. The van der Waals surface area contributed by atoms with Crippen LogP contribution in [-0.4, -0.2) is 33.4 Å². The van der Waals surface area contributed by atoms with Crippen LogP contribution in [0.15, 0.2) is 219 Å². The van der Waals surface area contributed by atoms with Crippen LogP contribution in [0.1, 0.15) is 87.5 Å². The highest BCUT2D eigenvalue weighted by Gasteiger charge is 2.48. The summed E-state index contributed by atoms with van der Waals surface area (Å²) in [7, 11) is 0. The molecule has 0 bridgehead atoms. The molecule has 0 radical (unpaired) electrons. The van der Waals surface area contributed by atoms with Crippen molar-refractivity contribution >= 4 is 11.5 Å². The summed E-state index contributed by atoms with van der Waals surface area (Å²) in [6.07, 6.45) is 5.28. The Balaban J connectivity index is 0.000000363. The van der Waals surface area contributed by atoms with Crippen molar-refractivity contribution in [2.45, 2.75) is 77.7 Å². The first kappa shape index (κ1) is 48.1. The molecule has 0 saturated carbocycles. The molecule has 7 nitrogen and oxygen atoms in total. The minimum atomic E-state index is -0.217. The van der Waals surface area contributed by atoms with E-state index < -0.39 is 0 Å². The Kier molecular flexibility index (Phi) is 13.0. The Morgan fingerprint density at radius 3 is 1.18 bits per heavy atom. The number of hydrogen-bond acceptors (Lipinski definition) is 7. The van der Waals surface area contributed by atoms with Gasteiger partial charge in [-0.1, -0.05) is 115 Å². The molecule has 7 heteroatoms. The zero-order chi connectivity index (χ0) is 51.9. The molecule has 4 aliphatic rings. The average molecular weight is 993 g/mol. The van der Waals surface area contributed by atoms with Gasteiger partial charge in [-0.25, -0.2) is 4.98 Å². The Bertz CT molecular complexity index is 3550. The second-order valence-corrected chi connectivity index (χ2v) is 20.4. The number of anilines is 2. The van der Waals surface area contributed by atoms with Gasteiger partial charge in [0.2, 0.25) is 0 Å². The Morgan fingerprint density at radius 1 is 0.342 bits per heavy atom. The van der Waals surface area contributed by atoms with Crippen LogP contribution < -0.4 is 19.1 Å². The first-order valence-electron chi connectivity index (χ1n) is 26.4. The summed E-state index contributed by atoms with van der Waals surface area (Å²) in [6, 6.07) is 71.3. The van der Waals surface area contributed by atoms with Crippen molar-refractivity contribution in [3.63, 3.8) is 0 Å². The van der Waals surface area contributed by atoms with Gasteiger partial charge in [0.25, 0.3) is 0 Å². The van der Waals surface area contributed by atoms with Crippen LogP contribution >= 0.6 is 0 Å². The third kappa shape index (κ3) is 9.17. The van der Waals surface area contributed by atoms with E-state index in [1.165, 1.54) is 66.8 Å². The van der Waals surface area contributed by atoms with Gasteiger partial charge >= 0.3 is 0 Å². The van der Waals surface area contributed by atoms with E-state index in [0.29, 0.717) is 0 Å². The van der Waals surface area contributed by atoms with E-state index in [9.17, 15) is 0 Å². The molecule has 14 rings (SSSR count). The molecule has 0 fully saturated rings. The fraction of sp³-hybridized carbons (Fsp3) is 0.174. The third-order valence-electron chi connectivity index (χ3n) is 15.4. The van der Waals surface area contributed by atoms with E-state index in [2.05, 4.69) is 194 Å². The molecule has 0 aliphatic carbocycles. The first-order chi connectivity index (χ1) is 37.2. The second kappa shape index (κ2) is 20.5. The number of benzene rings is 7. The third-order valence-corrected chi connectivity index (χ3v) is 15.4. The number of rotatable bonds is 6. The van der Waals surface area contributed by atoms with Crippen LogP contribution in [0.4, 0.5) is 11.5 Å². The van der Waals surface area contributed by atoms with Gasteiger partial charge in [-0.15, -0.1) is 0 Å². The summed E-state index contributed by atoms with van der Waals surface area (Å²) in [4.78, 5) is 15.0. The van der Waals surface area contributed by atoms with Gasteiger partial charge in [0.15, 0.2) is 6.23 Å². The van der Waals surface area contributed by atoms with Gasteiger partial charge in [-0.2, -0.15) is 0 Å². The Hall–Kier alpha value is -8.81. The molecular weight excluding hydrogens is 933 g/mol. The zero-order valence-corrected chi connectivity index (χ0v) is 43.8. The normalized spacial score (nSPS) is 18.9. The van der Waals surface area contributed by atoms with Gasteiger partial charge in [0.05, 0.1) is 11.6 Å². The molecule has 6 atom stereocenters. The van der Waals surface area contributed by atoms with Crippen LogP contribution in [0.25, 0.3) is 33.4 Å². The van der Waals surface area contributed by atoms with Gasteiger partial charge in [0.1, 0.15) is 35.3 Å². The van der Waals surface area contributed by atoms with E-state index in [0.717, 1.165) is 51.3 Å². The maximum atomic E-state index is 6.73. The molecule has 374 valence electrons. The molecular formula is C69H60N4O3. The summed E-state index contributed by atoms with van der Waals surface area (Å²) < 4.78 is 19.6. The van der Waals surface area contributed by atoms with Gasteiger partial charge in [-0.3, -0.25) is 14.9 Å². The summed E-state index contributed by atoms with van der Waals surface area (Å²) >= 11 is 0. The van der Waals surface area contributed by atoms with Crippen molar-refractivity contribution in [2.24, 2.45) is 0 Å². The lowest BCUT2D eigenvalue weighted by Gasteiger charge is -2.25. The number of aryl methyl sites for hydroxylation is 4. The van der Waals surface area contributed by atoms with Crippen molar-refractivity contribution in [3.8, 4) is 50.6 Å². The first-order valence-corrected chi connectivity index (χ1v) is 26.4. The van der Waals surface area contributed by atoms with Gasteiger partial charge in [-0.05, 0) is 188 Å². The van der Waals surface area contributed by atoms with Crippen LogP contribution in [0.3, 0.4) is 0 Å². The zero-order valence-electron chi connectivity index (χ0n) is 43.8. The smallest absolute Gasteiger partial charge is 0.188 e. The molecule has 7 heterocycles. The van der Waals surface area contributed by atoms with Crippen LogP contribution in [0, 0.1) is 27.7 Å². The SMILES string of the molecule is Cc1ccc(-c2cc(-c3ccc(C)c(C4c5ccccc5OC4C)c3)cc(-c3ccc4c(c3)C3c5ccccc5OC3N4c3ccccn3)c2)cc1C1c2ccccc2OC1C.Cc1ccccn1.Cc1ccccn1. The minimum absolute atomic E-state index is 0.0342. The predicted octanol–water partition coefficient (Wildman–Crippen LogP) is 16.3. The molecule has 76 heavy (non-hydrogen) atoms. The lowest BCUT2D eigenvalue weighted by Crippen LogP contribution is -2.32. The number of fused-ring (bicyclic) bond motifs is 7. The predicted molar refractivity (Wildman–Crippen MR) is 306 cm³/mol. The average Bonchev–Trinajstić information content (AvgIpc) is 4.28. The molecule has 10 aromatic rings. The maximum absolute atomic E-state index is 6.73. The summed E-state index contributed by atoms with van der Waals surface area (Å²) in [5.74, 6) is 4.12. The molecule has 3 aromatic heterocycles. The minimum Gasteiger partial charge on any atom is -0.489 e. The van der Waals surface area contributed by atoms with Crippen LogP contribution in [0.2, 0.25) is 0 Å². The van der Waals surface area contributed by atoms with Crippen molar-refractivity contribution in [1.82, 2.24) is 15.0 Å². The monoisotopic (exact) mass is 992 g/mol. The van der Waals surface area contributed by atoms with Crippen molar-refractivity contribution < 1.29 is 14.2 Å². The quantitative estimate of drug-likeness (QED) is 0.164. The van der Waals surface area contributed by atoms with E-state index in [1.807, 2.05) is 68.6 Å². The Labute approximate surface area is 446 Å². The molecule has 0 amide bonds. The topological polar surface area (TPSA) is 69.6 Å². The van der Waals surface area contributed by atoms with Gasteiger partial charge in [0, 0.05) is 58.5 Å². The highest BCUT2D eigenvalue weighted by Crippen LogP contribution is 2.55. The second-order valence-electron chi connectivity index (χ2n) is 20.4. The Morgan fingerprint density at radius 2 is 0.750 bits per heavy atom. The van der Waals surface area contributed by atoms with Crippen molar-refractivity contribution in [2.75, 3.05) is 4.90 Å². The molecule has 6 unspecified atom stereocenters. The number of aromatic nitrogens is 3. The van der Waals surface area contributed by atoms with E-state index in [1.54, 1.807) is 12.4 Å². The van der Waals surface area contributed by atoms with E-state index in [-0.39, 0.29) is 36.2 Å². The molecule has 0 spiro atoms. The summed E-state index contributed by atoms with van der Waals surface area (Å²) in [5.41, 5.74) is 20.4. The fourth-order valence-electron chi connectivity index (χ4n) is 11.7. The summed E-state index contributed by atoms with van der Waals surface area (Å²) in [6.45, 7) is 12.8. The lowest BCUT2D eigenvalue weighted by molar-refractivity contribution is 0.233. The van der Waals surface area contributed by atoms with E-state index in [4.69, 9.17) is 19.2 Å². The molecule has 0 saturated heterocycles. The summed E-state index contributed by atoms with van der Waals surface area (Å²) in [5, 5.41) is 0. The molecule has 4 aliphatic heterocycles. The van der Waals surface area contributed by atoms with E-state index >= 15 is 0 Å². The standard InChI is InChI=1S/C57H46N2O3.2C6H7N/c1-33-20-22-37(30-46(33)54-35(3)60-50-16-8-5-13-43(50)54)40-27-41(38-23-21-34(2)47(31-38)55-36(4)61-51-17-9-6-14-44(51)55)29-42(28-40)39-24-25-49-48(32-39)56-45-15-7-10-18-52(45)62-57(56)59(49)53-19-11-12-26-58-53;2*1-6-4-2-3-5-7-6/h5-32,35-36,54-57H,1-4H3;2*2-5H,1H3. The van der Waals surface area contributed by atoms with Crippen LogP contribution in [-0.2, 0) is 0 Å².